The van der Waals surface area contributed by atoms with Gasteiger partial charge >= 0.3 is 0 Å². The monoisotopic (exact) mass is 383 g/mol. The predicted octanol–water partition coefficient (Wildman–Crippen LogP) is 4.51. The van der Waals surface area contributed by atoms with Gasteiger partial charge in [-0.15, -0.1) is 0 Å². The molecule has 2 aromatic carbocycles. The summed E-state index contributed by atoms with van der Waals surface area (Å²) in [5, 5.41) is -0.278. The van der Waals surface area contributed by atoms with Gasteiger partial charge in [0.05, 0.1) is 18.1 Å². The third-order valence-corrected chi connectivity index (χ3v) is 4.85. The van der Waals surface area contributed by atoms with Gasteiger partial charge < -0.3 is 9.47 Å². The highest BCUT2D eigenvalue weighted by Crippen LogP contribution is 2.32. The molecule has 0 aliphatic carbocycles. The lowest BCUT2D eigenvalue weighted by Gasteiger charge is -2.13. The van der Waals surface area contributed by atoms with Gasteiger partial charge in [-0.1, -0.05) is 29.8 Å². The Morgan fingerprint density at radius 3 is 2.56 bits per heavy atom. The van der Waals surface area contributed by atoms with E-state index in [9.17, 15) is 9.59 Å². The van der Waals surface area contributed by atoms with E-state index in [2.05, 4.69) is 0 Å². The molecule has 0 spiro atoms. The van der Waals surface area contributed by atoms with Crippen LogP contribution in [0.4, 0.5) is 4.79 Å². The summed E-state index contributed by atoms with van der Waals surface area (Å²) in [7, 11) is 0. The second-order valence-electron chi connectivity index (χ2n) is 6.00. The van der Waals surface area contributed by atoms with Crippen LogP contribution in [0.2, 0.25) is 0 Å². The third-order valence-electron chi connectivity index (χ3n) is 3.95. The molecule has 2 aromatic rings. The smallest absolute Gasteiger partial charge is 0.293 e. The Balaban J connectivity index is 1.62. The van der Waals surface area contributed by atoms with Crippen molar-refractivity contribution in [1.82, 2.24) is 4.90 Å². The Labute approximate surface area is 163 Å². The topological polar surface area (TPSA) is 55.8 Å². The lowest BCUT2D eigenvalue weighted by molar-refractivity contribution is -0.123. The summed E-state index contributed by atoms with van der Waals surface area (Å²) < 4.78 is 11.1. The fourth-order valence-electron chi connectivity index (χ4n) is 2.59. The summed E-state index contributed by atoms with van der Waals surface area (Å²) in [6.45, 7) is 4.96. The number of carbonyl (C=O) groups is 2. The maximum atomic E-state index is 12.5. The fourth-order valence-corrected chi connectivity index (χ4v) is 3.46. The molecule has 140 valence electrons. The molecule has 0 radical (unpaired) electrons. The number of amides is 2. The maximum Gasteiger partial charge on any atom is 0.293 e. The minimum Gasteiger partial charge on any atom is -0.494 e. The number of benzene rings is 2. The minimum atomic E-state index is -0.292. The van der Waals surface area contributed by atoms with Crippen LogP contribution in [0, 0.1) is 6.92 Å². The van der Waals surface area contributed by atoms with E-state index in [1.165, 1.54) is 4.90 Å². The number of carbonyl (C=O) groups excluding carboxylic acids is 2. The second-order valence-corrected chi connectivity index (χ2v) is 6.99. The first kappa shape index (κ1) is 19.0. The molecule has 27 heavy (non-hydrogen) atoms. The number of hydrogen-bond donors (Lipinski definition) is 0. The van der Waals surface area contributed by atoms with Crippen molar-refractivity contribution in [3.63, 3.8) is 0 Å². The van der Waals surface area contributed by atoms with Gasteiger partial charge in [0.15, 0.2) is 0 Å². The zero-order valence-corrected chi connectivity index (χ0v) is 16.1. The van der Waals surface area contributed by atoms with E-state index in [0.29, 0.717) is 11.5 Å². The van der Waals surface area contributed by atoms with Crippen molar-refractivity contribution in [3.8, 4) is 11.5 Å². The van der Waals surface area contributed by atoms with Gasteiger partial charge in [-0.2, -0.15) is 0 Å². The number of rotatable bonds is 7. The molecule has 0 atom stereocenters. The summed E-state index contributed by atoms with van der Waals surface area (Å²) in [5.41, 5.74) is 1.97. The van der Waals surface area contributed by atoms with Gasteiger partial charge in [0.25, 0.3) is 11.1 Å². The van der Waals surface area contributed by atoms with Crippen molar-refractivity contribution in [1.29, 1.82) is 0 Å². The van der Waals surface area contributed by atoms with Gasteiger partial charge in [-0.25, -0.2) is 0 Å². The molecule has 0 aromatic heterocycles. The molecule has 5 nitrogen and oxygen atoms in total. The van der Waals surface area contributed by atoms with E-state index >= 15 is 0 Å². The SMILES string of the molecule is CCOc1cccc(/C=C2\SC(=O)N(CCOc3ccc(C)cc3)C2=O)c1. The molecule has 1 aliphatic rings. The molecular weight excluding hydrogens is 362 g/mol. The molecular formula is C21H21NO4S. The van der Waals surface area contributed by atoms with Crippen LogP contribution in [0.5, 0.6) is 11.5 Å². The van der Waals surface area contributed by atoms with Crippen molar-refractivity contribution in [2.24, 2.45) is 0 Å². The third kappa shape index (κ3) is 4.92. The van der Waals surface area contributed by atoms with Crippen LogP contribution < -0.4 is 9.47 Å². The zero-order valence-electron chi connectivity index (χ0n) is 15.3. The highest BCUT2D eigenvalue weighted by Gasteiger charge is 2.34. The Bertz CT molecular complexity index is 861. The first-order chi connectivity index (χ1) is 13.1. The van der Waals surface area contributed by atoms with Crippen LogP contribution in [0.1, 0.15) is 18.1 Å². The first-order valence-electron chi connectivity index (χ1n) is 8.74. The normalized spacial score (nSPS) is 15.5. The van der Waals surface area contributed by atoms with E-state index in [4.69, 9.17) is 9.47 Å². The summed E-state index contributed by atoms with van der Waals surface area (Å²) >= 11 is 0.946. The molecule has 0 unspecified atom stereocenters. The number of imide groups is 1. The summed E-state index contributed by atoms with van der Waals surface area (Å²) in [5.74, 6) is 1.16. The standard InChI is InChI=1S/C21H21NO4S/c1-3-25-18-6-4-5-16(13-18)14-19-20(23)22(21(24)27-19)11-12-26-17-9-7-15(2)8-10-17/h4-10,13-14H,3,11-12H2,1-2H3/b19-14-. The molecule has 6 heteroatoms. The summed E-state index contributed by atoms with van der Waals surface area (Å²) in [6.07, 6.45) is 1.72. The van der Waals surface area contributed by atoms with Gasteiger partial charge in [-0.05, 0) is 61.5 Å². The number of nitrogens with zero attached hydrogens (tertiary/aromatic N) is 1. The Morgan fingerprint density at radius 1 is 1.04 bits per heavy atom. The summed E-state index contributed by atoms with van der Waals surface area (Å²) in [6, 6.07) is 15.1. The zero-order chi connectivity index (χ0) is 19.2. The lowest BCUT2D eigenvalue weighted by atomic mass is 10.2. The van der Waals surface area contributed by atoms with E-state index in [0.717, 1.165) is 34.4 Å². The van der Waals surface area contributed by atoms with Crippen molar-refractivity contribution in [2.75, 3.05) is 19.8 Å². The average Bonchev–Trinajstić information content (AvgIpc) is 2.91. The van der Waals surface area contributed by atoms with E-state index < -0.39 is 0 Å². The van der Waals surface area contributed by atoms with Crippen molar-refractivity contribution >= 4 is 29.0 Å². The van der Waals surface area contributed by atoms with Crippen LogP contribution in [0.15, 0.2) is 53.4 Å². The molecule has 2 amide bonds. The number of aryl methyl sites for hydroxylation is 1. The van der Waals surface area contributed by atoms with Gasteiger partial charge in [0.1, 0.15) is 18.1 Å². The van der Waals surface area contributed by atoms with Crippen molar-refractivity contribution in [2.45, 2.75) is 13.8 Å². The molecule has 1 aliphatic heterocycles. The van der Waals surface area contributed by atoms with Crippen molar-refractivity contribution < 1.29 is 19.1 Å². The maximum absolute atomic E-state index is 12.5. The summed E-state index contributed by atoms with van der Waals surface area (Å²) in [4.78, 5) is 26.4. The molecule has 0 bridgehead atoms. The Kier molecular flexibility index (Phi) is 6.19. The molecule has 1 fully saturated rings. The number of thioether (sulfide) groups is 1. The lowest BCUT2D eigenvalue weighted by Crippen LogP contribution is -2.32. The molecule has 3 rings (SSSR count). The van der Waals surface area contributed by atoms with Crippen LogP contribution in [0.3, 0.4) is 0 Å². The van der Waals surface area contributed by atoms with Gasteiger partial charge in [0.2, 0.25) is 0 Å². The number of hydrogen-bond acceptors (Lipinski definition) is 5. The molecule has 1 heterocycles. The van der Waals surface area contributed by atoms with Crippen LogP contribution in [-0.2, 0) is 4.79 Å². The largest absolute Gasteiger partial charge is 0.494 e. The fraction of sp³-hybridized carbons (Fsp3) is 0.238. The Hall–Kier alpha value is -2.73. The first-order valence-corrected chi connectivity index (χ1v) is 9.56. The number of ether oxygens (including phenoxy) is 2. The quantitative estimate of drug-likeness (QED) is 0.659. The average molecular weight is 383 g/mol. The predicted molar refractivity (Wildman–Crippen MR) is 107 cm³/mol. The van der Waals surface area contributed by atoms with Crippen molar-refractivity contribution in [3.05, 3.63) is 64.6 Å². The van der Waals surface area contributed by atoms with Crippen LogP contribution in [0.25, 0.3) is 6.08 Å². The van der Waals surface area contributed by atoms with E-state index in [1.807, 2.05) is 62.4 Å². The molecule has 0 saturated carbocycles. The van der Waals surface area contributed by atoms with Crippen LogP contribution in [-0.4, -0.2) is 35.8 Å². The van der Waals surface area contributed by atoms with Crippen LogP contribution >= 0.6 is 11.8 Å². The van der Waals surface area contributed by atoms with E-state index in [-0.39, 0.29) is 24.3 Å². The van der Waals surface area contributed by atoms with E-state index in [1.54, 1.807) is 6.08 Å². The molecule has 0 N–H and O–H groups in total. The Morgan fingerprint density at radius 2 is 1.81 bits per heavy atom. The van der Waals surface area contributed by atoms with Gasteiger partial charge in [-0.3, -0.25) is 14.5 Å². The highest BCUT2D eigenvalue weighted by atomic mass is 32.2. The molecule has 1 saturated heterocycles. The highest BCUT2D eigenvalue weighted by molar-refractivity contribution is 8.18. The minimum absolute atomic E-state index is 0.217. The second kappa shape index (κ2) is 8.77. The van der Waals surface area contributed by atoms with Gasteiger partial charge in [0, 0.05) is 0 Å².